The number of halogens is 3. The summed E-state index contributed by atoms with van der Waals surface area (Å²) in [6.45, 7) is 0. The summed E-state index contributed by atoms with van der Waals surface area (Å²) in [4.78, 5) is 43.6. The third-order valence-corrected chi connectivity index (χ3v) is 4.31. The van der Waals surface area contributed by atoms with Crippen molar-refractivity contribution in [2.75, 3.05) is 14.2 Å². The molecule has 0 saturated heterocycles. The molecule has 15 heteroatoms. The fraction of sp³-hybridized carbons (Fsp3) is 0.286. The molecule has 0 aliphatic heterocycles. The largest absolute Gasteiger partial charge is 0.493 e. The van der Waals surface area contributed by atoms with Crippen molar-refractivity contribution in [1.82, 2.24) is 0 Å². The molecule has 0 aliphatic rings. The molecule has 2 aromatic rings. The molecule has 0 amide bonds. The van der Waals surface area contributed by atoms with Crippen LogP contribution in [0.15, 0.2) is 42.5 Å². The van der Waals surface area contributed by atoms with E-state index in [0.717, 1.165) is 17.7 Å². The van der Waals surface area contributed by atoms with E-state index in [0.29, 0.717) is 0 Å². The second-order valence-electron chi connectivity index (χ2n) is 6.78. The molecule has 0 aromatic heterocycles. The lowest BCUT2D eigenvalue weighted by Gasteiger charge is -2.18. The van der Waals surface area contributed by atoms with E-state index in [1.807, 2.05) is 0 Å². The van der Waals surface area contributed by atoms with Gasteiger partial charge in [0.25, 0.3) is 5.69 Å². The van der Waals surface area contributed by atoms with Crippen molar-refractivity contribution in [3.63, 3.8) is 0 Å². The smallest absolute Gasteiger partial charge is 0.490 e. The maximum absolute atomic E-state index is 12.4. The van der Waals surface area contributed by atoms with Crippen molar-refractivity contribution >= 4 is 23.6 Å². The van der Waals surface area contributed by atoms with Crippen molar-refractivity contribution in [2.45, 2.75) is 24.7 Å². The molecule has 2 atom stereocenters. The van der Waals surface area contributed by atoms with Gasteiger partial charge in [-0.2, -0.15) is 13.2 Å². The fourth-order valence-electron chi connectivity index (χ4n) is 2.65. The van der Waals surface area contributed by atoms with Gasteiger partial charge in [0.2, 0.25) is 6.10 Å². The number of carboxylic acids is 2. The number of nitro benzene ring substituents is 1. The number of ether oxygens (including phenoxy) is 3. The number of hydrogen-bond acceptors (Lipinski definition) is 9. The number of nitrogens with two attached hydrogens (primary N) is 1. The average Bonchev–Trinajstić information content (AvgIpc) is 2.81. The van der Waals surface area contributed by atoms with Crippen molar-refractivity contribution in [2.24, 2.45) is 5.73 Å². The topological polar surface area (TPSA) is 189 Å². The van der Waals surface area contributed by atoms with Crippen LogP contribution in [0.1, 0.15) is 17.2 Å². The number of carbonyl (C=O) groups excluding carboxylic acids is 1. The summed E-state index contributed by atoms with van der Waals surface area (Å²) >= 11 is 0. The van der Waals surface area contributed by atoms with Gasteiger partial charge in [-0.25, -0.2) is 9.59 Å². The van der Waals surface area contributed by atoms with Crippen LogP contribution < -0.4 is 15.2 Å². The minimum absolute atomic E-state index is 0.0270. The number of aliphatic carboxylic acids is 2. The highest BCUT2D eigenvalue weighted by Crippen LogP contribution is 2.38. The number of carboxylic acid groups (broad SMARTS) is 2. The maximum atomic E-state index is 12.4. The molecule has 2 unspecified atom stereocenters. The number of nitrogens with zero attached hydrogens (tertiary/aromatic N) is 1. The lowest BCUT2D eigenvalue weighted by atomic mass is 10.0. The number of nitro groups is 1. The third-order valence-electron chi connectivity index (χ3n) is 4.31. The van der Waals surface area contributed by atoms with Gasteiger partial charge >= 0.3 is 24.1 Å². The van der Waals surface area contributed by atoms with Gasteiger partial charge in [-0.05, 0) is 18.1 Å². The minimum Gasteiger partial charge on any atom is -0.493 e. The molecule has 0 bridgehead atoms. The van der Waals surface area contributed by atoms with Gasteiger partial charge in [0.15, 0.2) is 11.5 Å². The molecule has 2 rings (SSSR count). The molecule has 2 aromatic carbocycles. The van der Waals surface area contributed by atoms with Gasteiger partial charge in [0, 0.05) is 0 Å². The Morgan fingerprint density at radius 1 is 1.06 bits per heavy atom. The number of hydrogen-bond donors (Lipinski definition) is 3. The predicted molar refractivity (Wildman–Crippen MR) is 114 cm³/mol. The van der Waals surface area contributed by atoms with Crippen LogP contribution in [-0.2, 0) is 25.5 Å². The molecule has 0 fully saturated rings. The lowest BCUT2D eigenvalue weighted by Crippen LogP contribution is -2.36. The highest BCUT2D eigenvalue weighted by molar-refractivity contribution is 5.83. The summed E-state index contributed by atoms with van der Waals surface area (Å²) in [6, 6.07) is 9.76. The molecule has 0 heterocycles. The zero-order valence-electron chi connectivity index (χ0n) is 18.7. The summed E-state index contributed by atoms with van der Waals surface area (Å²) in [6.07, 6.45) is -6.93. The van der Waals surface area contributed by atoms with Gasteiger partial charge in [-0.15, -0.1) is 0 Å². The van der Waals surface area contributed by atoms with Crippen molar-refractivity contribution in [3.05, 3.63) is 63.7 Å². The van der Waals surface area contributed by atoms with Gasteiger partial charge in [-0.1, -0.05) is 30.3 Å². The van der Waals surface area contributed by atoms with E-state index in [1.165, 1.54) is 14.2 Å². The molecule has 196 valence electrons. The van der Waals surface area contributed by atoms with E-state index < -0.39 is 46.8 Å². The number of methoxy groups -OCH3 is 2. The Morgan fingerprint density at radius 3 is 1.97 bits per heavy atom. The van der Waals surface area contributed by atoms with E-state index in [2.05, 4.69) is 0 Å². The highest BCUT2D eigenvalue weighted by atomic mass is 19.4. The van der Waals surface area contributed by atoms with Gasteiger partial charge in [0.05, 0.1) is 30.8 Å². The van der Waals surface area contributed by atoms with E-state index in [4.69, 9.17) is 29.8 Å². The first-order chi connectivity index (χ1) is 16.7. The van der Waals surface area contributed by atoms with Crippen molar-refractivity contribution in [1.29, 1.82) is 0 Å². The Hall–Kier alpha value is -4.40. The van der Waals surface area contributed by atoms with Crippen molar-refractivity contribution < 1.29 is 56.9 Å². The standard InChI is InChI=1S/C19H20N2O8.C2HF3O2/c1-27-15-9-12(14(21(25)26)10-16(15)28-2)17(18(22)23)29-19(24)13(20)8-11-6-4-3-5-7-11;3-2(4,5)1(6)7/h3-7,9-10,13,17H,8,20H2,1-2H3,(H,22,23);(H,6,7). The number of carbonyl (C=O) groups is 3. The Bertz CT molecular complexity index is 1090. The van der Waals surface area contributed by atoms with E-state index >= 15 is 0 Å². The summed E-state index contributed by atoms with van der Waals surface area (Å²) in [5, 5.41) is 28.1. The molecule has 0 aliphatic carbocycles. The average molecular weight is 518 g/mol. The van der Waals surface area contributed by atoms with Crippen LogP contribution in [0.5, 0.6) is 11.5 Å². The van der Waals surface area contributed by atoms with Crippen LogP contribution in [0.25, 0.3) is 0 Å². The van der Waals surface area contributed by atoms with Gasteiger partial charge in [0.1, 0.15) is 6.04 Å². The Labute approximate surface area is 201 Å². The Balaban J connectivity index is 0.000000809. The number of esters is 1. The van der Waals surface area contributed by atoms with Crippen LogP contribution in [0, 0.1) is 10.1 Å². The molecule has 36 heavy (non-hydrogen) atoms. The van der Waals surface area contributed by atoms with Crippen LogP contribution in [-0.4, -0.2) is 59.5 Å². The summed E-state index contributed by atoms with van der Waals surface area (Å²) in [5.41, 5.74) is 5.61. The number of benzene rings is 2. The van der Waals surface area contributed by atoms with Crippen LogP contribution in [0.3, 0.4) is 0 Å². The Kier molecular flexibility index (Phi) is 10.6. The molecule has 0 spiro atoms. The van der Waals surface area contributed by atoms with Crippen molar-refractivity contribution in [3.8, 4) is 11.5 Å². The molecule has 0 saturated carbocycles. The second kappa shape index (κ2) is 12.9. The van der Waals surface area contributed by atoms with Crippen LogP contribution >= 0.6 is 0 Å². The zero-order chi connectivity index (χ0) is 27.6. The van der Waals surface area contributed by atoms with Gasteiger partial charge in [-0.3, -0.25) is 14.9 Å². The quantitative estimate of drug-likeness (QED) is 0.251. The first kappa shape index (κ1) is 29.6. The molecule has 4 N–H and O–H groups in total. The number of alkyl halides is 3. The first-order valence-electron chi connectivity index (χ1n) is 9.66. The summed E-state index contributed by atoms with van der Waals surface area (Å²) in [7, 11) is 2.56. The SMILES string of the molecule is COc1cc(C(OC(=O)C(N)Cc2ccccc2)C(=O)O)c([N+](=O)[O-])cc1OC.O=C(O)C(F)(F)F. The van der Waals surface area contributed by atoms with E-state index in [-0.39, 0.29) is 23.5 Å². The van der Waals surface area contributed by atoms with Gasteiger partial charge < -0.3 is 30.2 Å². The normalized spacial score (nSPS) is 12.3. The second-order valence-corrected chi connectivity index (χ2v) is 6.78. The molecule has 12 nitrogen and oxygen atoms in total. The van der Waals surface area contributed by atoms with Crippen LogP contribution in [0.4, 0.5) is 18.9 Å². The first-order valence-corrected chi connectivity index (χ1v) is 9.66. The molecular weight excluding hydrogens is 497 g/mol. The van der Waals surface area contributed by atoms with E-state index in [1.54, 1.807) is 30.3 Å². The van der Waals surface area contributed by atoms with Crippen LogP contribution in [0.2, 0.25) is 0 Å². The predicted octanol–water partition coefficient (Wildman–Crippen LogP) is 2.48. The third kappa shape index (κ3) is 8.43. The Morgan fingerprint density at radius 2 is 1.56 bits per heavy atom. The number of rotatable bonds is 9. The fourth-order valence-corrected chi connectivity index (χ4v) is 2.65. The minimum atomic E-state index is -5.08. The highest BCUT2D eigenvalue weighted by Gasteiger charge is 2.38. The molecule has 0 radical (unpaired) electrons. The lowest BCUT2D eigenvalue weighted by molar-refractivity contribution is -0.386. The van der Waals surface area contributed by atoms with E-state index in [9.17, 15) is 38.0 Å². The molecular formula is C21H21F3N2O10. The summed E-state index contributed by atoms with van der Waals surface area (Å²) < 4.78 is 46.8. The summed E-state index contributed by atoms with van der Waals surface area (Å²) in [5.74, 6) is -5.29. The zero-order valence-corrected chi connectivity index (χ0v) is 18.7. The monoisotopic (exact) mass is 518 g/mol. The maximum Gasteiger partial charge on any atom is 0.490 e.